The van der Waals surface area contributed by atoms with Crippen molar-refractivity contribution in [3.8, 4) is 5.75 Å². The third-order valence-electron chi connectivity index (χ3n) is 2.48. The summed E-state index contributed by atoms with van der Waals surface area (Å²) in [5.74, 6) is 0.0309. The number of non-ortho nitro benzene ring substituents is 1. The summed E-state index contributed by atoms with van der Waals surface area (Å²) < 4.78 is 21.6. The molecule has 0 radical (unpaired) electrons. The van der Waals surface area contributed by atoms with Crippen LogP contribution < -0.4 is 4.52 Å². The summed E-state index contributed by atoms with van der Waals surface area (Å²) in [6.45, 7) is 5.13. The van der Waals surface area contributed by atoms with E-state index >= 15 is 0 Å². The summed E-state index contributed by atoms with van der Waals surface area (Å²) in [4.78, 5) is 19.5. The maximum atomic E-state index is 11.8. The average Bonchev–Trinajstić information content (AvgIpc) is 2.27. The van der Waals surface area contributed by atoms with Crippen molar-refractivity contribution in [2.24, 2.45) is 0 Å². The minimum absolute atomic E-state index is 0.0309. The van der Waals surface area contributed by atoms with E-state index in [0.29, 0.717) is 6.42 Å². The highest BCUT2D eigenvalue weighted by Gasteiger charge is 2.32. The van der Waals surface area contributed by atoms with E-state index in [-0.39, 0.29) is 11.4 Å². The van der Waals surface area contributed by atoms with Crippen molar-refractivity contribution in [3.05, 3.63) is 34.4 Å². The zero-order valence-electron chi connectivity index (χ0n) is 10.9. The Morgan fingerprint density at radius 3 is 2.32 bits per heavy atom. The maximum Gasteiger partial charge on any atom is 0.527 e. The van der Waals surface area contributed by atoms with E-state index < -0.39 is 18.3 Å². The molecular formula is C11H16NO6P. The van der Waals surface area contributed by atoms with Crippen molar-refractivity contribution >= 4 is 13.5 Å². The molecule has 0 aliphatic heterocycles. The van der Waals surface area contributed by atoms with Crippen LogP contribution in [0.2, 0.25) is 0 Å². The minimum Gasteiger partial charge on any atom is -0.404 e. The average molecular weight is 289 g/mol. The first-order valence-corrected chi connectivity index (χ1v) is 7.12. The SMILES string of the molecule is CCC(C)(C)OP(=O)(O)Oc1ccc([N+](=O)[O-])cc1. The molecule has 0 bridgehead atoms. The third-order valence-corrected chi connectivity index (χ3v) is 3.65. The molecule has 0 saturated heterocycles. The summed E-state index contributed by atoms with van der Waals surface area (Å²) in [7, 11) is -4.26. The number of nitrogens with zero attached hydrogens (tertiary/aromatic N) is 1. The van der Waals surface area contributed by atoms with E-state index in [4.69, 9.17) is 9.05 Å². The van der Waals surface area contributed by atoms with Crippen molar-refractivity contribution < 1.29 is 23.4 Å². The summed E-state index contributed by atoms with van der Waals surface area (Å²) in [6, 6.07) is 4.84. The Bertz CT molecular complexity index is 498. The summed E-state index contributed by atoms with van der Waals surface area (Å²) in [6.07, 6.45) is 0.529. The van der Waals surface area contributed by atoms with Gasteiger partial charge in [0.25, 0.3) is 5.69 Å². The van der Waals surface area contributed by atoms with Gasteiger partial charge in [-0.05, 0) is 32.4 Å². The van der Waals surface area contributed by atoms with Gasteiger partial charge < -0.3 is 4.52 Å². The zero-order valence-corrected chi connectivity index (χ0v) is 11.8. The fraction of sp³-hybridized carbons (Fsp3) is 0.455. The molecule has 1 aromatic carbocycles. The quantitative estimate of drug-likeness (QED) is 0.490. The first kappa shape index (κ1) is 15.6. The van der Waals surface area contributed by atoms with Crippen molar-refractivity contribution in [1.29, 1.82) is 0 Å². The van der Waals surface area contributed by atoms with E-state index in [1.165, 1.54) is 24.3 Å². The second-order valence-corrected chi connectivity index (χ2v) is 5.82. The predicted octanol–water partition coefficient (Wildman–Crippen LogP) is 3.28. The number of rotatable bonds is 6. The fourth-order valence-electron chi connectivity index (χ4n) is 1.16. The summed E-state index contributed by atoms with van der Waals surface area (Å²) in [5.41, 5.74) is -0.930. The highest BCUT2D eigenvalue weighted by atomic mass is 31.2. The van der Waals surface area contributed by atoms with Crippen LogP contribution in [-0.2, 0) is 9.09 Å². The van der Waals surface area contributed by atoms with Crippen LogP contribution in [-0.4, -0.2) is 15.4 Å². The molecule has 1 N–H and O–H groups in total. The molecule has 0 aromatic heterocycles. The van der Waals surface area contributed by atoms with Crippen molar-refractivity contribution in [1.82, 2.24) is 0 Å². The molecule has 1 unspecified atom stereocenters. The molecule has 7 nitrogen and oxygen atoms in total. The first-order chi connectivity index (χ1) is 8.65. The summed E-state index contributed by atoms with van der Waals surface area (Å²) >= 11 is 0. The number of hydrogen-bond acceptors (Lipinski definition) is 5. The number of hydrogen-bond donors (Lipinski definition) is 1. The van der Waals surface area contributed by atoms with Crippen LogP contribution in [0.5, 0.6) is 5.75 Å². The van der Waals surface area contributed by atoms with Crippen LogP contribution in [0.3, 0.4) is 0 Å². The van der Waals surface area contributed by atoms with Crippen LogP contribution in [0.1, 0.15) is 27.2 Å². The van der Waals surface area contributed by atoms with Gasteiger partial charge >= 0.3 is 7.82 Å². The third kappa shape index (κ3) is 4.98. The second kappa shape index (κ2) is 5.69. The Balaban J connectivity index is 2.78. The van der Waals surface area contributed by atoms with Crippen LogP contribution in [0.4, 0.5) is 5.69 Å². The Hall–Kier alpha value is -1.43. The van der Waals surface area contributed by atoms with E-state index in [9.17, 15) is 19.6 Å². The number of phosphoric acid groups is 1. The highest BCUT2D eigenvalue weighted by Crippen LogP contribution is 2.48. The monoisotopic (exact) mass is 289 g/mol. The van der Waals surface area contributed by atoms with Crippen LogP contribution in [0.25, 0.3) is 0 Å². The van der Waals surface area contributed by atoms with Gasteiger partial charge in [0, 0.05) is 12.1 Å². The molecule has 0 heterocycles. The van der Waals surface area contributed by atoms with Gasteiger partial charge in [-0.25, -0.2) is 4.57 Å². The molecule has 0 spiro atoms. The van der Waals surface area contributed by atoms with Gasteiger partial charge in [-0.15, -0.1) is 0 Å². The van der Waals surface area contributed by atoms with E-state index in [1.807, 2.05) is 6.92 Å². The molecule has 8 heteroatoms. The second-order valence-electron chi connectivity index (χ2n) is 4.52. The van der Waals surface area contributed by atoms with Crippen molar-refractivity contribution in [2.45, 2.75) is 32.8 Å². The van der Waals surface area contributed by atoms with Gasteiger partial charge in [-0.3, -0.25) is 19.5 Å². The van der Waals surface area contributed by atoms with Gasteiger partial charge in [0.15, 0.2) is 0 Å². The molecule has 0 fully saturated rings. The Morgan fingerprint density at radius 1 is 1.37 bits per heavy atom. The van der Waals surface area contributed by atoms with Gasteiger partial charge in [-0.1, -0.05) is 6.92 Å². The molecule has 1 rings (SSSR count). The highest BCUT2D eigenvalue weighted by molar-refractivity contribution is 7.47. The maximum absolute atomic E-state index is 11.8. The largest absolute Gasteiger partial charge is 0.527 e. The normalized spacial score (nSPS) is 14.7. The number of nitro groups is 1. The molecular weight excluding hydrogens is 273 g/mol. The van der Waals surface area contributed by atoms with E-state index in [0.717, 1.165) is 0 Å². The lowest BCUT2D eigenvalue weighted by Gasteiger charge is -2.25. The van der Waals surface area contributed by atoms with Gasteiger partial charge in [0.05, 0.1) is 10.5 Å². The lowest BCUT2D eigenvalue weighted by atomic mass is 10.1. The Labute approximate surface area is 110 Å². The molecule has 1 atom stereocenters. The first-order valence-electron chi connectivity index (χ1n) is 5.63. The van der Waals surface area contributed by atoms with Crippen LogP contribution in [0.15, 0.2) is 24.3 Å². The topological polar surface area (TPSA) is 98.9 Å². The zero-order chi connectivity index (χ0) is 14.7. The Morgan fingerprint density at radius 2 is 1.89 bits per heavy atom. The van der Waals surface area contributed by atoms with E-state index in [1.54, 1.807) is 13.8 Å². The van der Waals surface area contributed by atoms with Gasteiger partial charge in [0.1, 0.15) is 5.75 Å². The Kier molecular flexibility index (Phi) is 4.68. The standard InChI is InChI=1S/C11H16NO6P/c1-4-11(2,3)18-19(15,16)17-10-7-5-9(6-8-10)12(13)14/h5-8H,4H2,1-3H3,(H,15,16). The molecule has 0 saturated carbocycles. The van der Waals surface area contributed by atoms with Crippen LogP contribution in [0, 0.1) is 10.1 Å². The molecule has 19 heavy (non-hydrogen) atoms. The smallest absolute Gasteiger partial charge is 0.404 e. The lowest BCUT2D eigenvalue weighted by Crippen LogP contribution is -2.22. The molecule has 1 aromatic rings. The van der Waals surface area contributed by atoms with Gasteiger partial charge in [-0.2, -0.15) is 0 Å². The van der Waals surface area contributed by atoms with Gasteiger partial charge in [0.2, 0.25) is 0 Å². The van der Waals surface area contributed by atoms with Crippen LogP contribution >= 0.6 is 7.82 Å². The predicted molar refractivity (Wildman–Crippen MR) is 69.0 cm³/mol. The molecule has 106 valence electrons. The number of benzene rings is 1. The molecule has 0 aliphatic rings. The molecule has 0 amide bonds. The summed E-state index contributed by atoms with van der Waals surface area (Å²) in [5, 5.41) is 10.5. The molecule has 0 aliphatic carbocycles. The van der Waals surface area contributed by atoms with Crippen molar-refractivity contribution in [3.63, 3.8) is 0 Å². The van der Waals surface area contributed by atoms with Crippen molar-refractivity contribution in [2.75, 3.05) is 0 Å². The van der Waals surface area contributed by atoms with E-state index in [2.05, 4.69) is 0 Å². The number of phosphoric ester groups is 1. The fourth-order valence-corrected chi connectivity index (χ4v) is 2.34. The number of nitro benzene ring substituents is 1. The lowest BCUT2D eigenvalue weighted by molar-refractivity contribution is -0.384. The minimum atomic E-state index is -4.26.